The second-order valence-corrected chi connectivity index (χ2v) is 2.63. The van der Waals surface area contributed by atoms with Gasteiger partial charge in [0.25, 0.3) is 0 Å². The van der Waals surface area contributed by atoms with Crippen LogP contribution < -0.4 is 0 Å². The molecule has 0 radical (unpaired) electrons. The molecule has 0 spiro atoms. The highest BCUT2D eigenvalue weighted by Crippen LogP contribution is 2.08. The molecule has 0 aliphatic heterocycles. The van der Waals surface area contributed by atoms with Crippen molar-refractivity contribution in [3.05, 3.63) is 36.6 Å². The zero-order chi connectivity index (χ0) is 8.85. The Morgan fingerprint density at radius 3 is 2.09 bits per heavy atom. The van der Waals surface area contributed by atoms with Crippen LogP contribution in [0.5, 0.6) is 0 Å². The van der Waals surface area contributed by atoms with Crippen molar-refractivity contribution in [1.29, 1.82) is 0 Å². The van der Waals surface area contributed by atoms with Gasteiger partial charge < -0.3 is 0 Å². The molecule has 11 heavy (non-hydrogen) atoms. The van der Waals surface area contributed by atoms with E-state index < -0.39 is 0 Å². The summed E-state index contributed by atoms with van der Waals surface area (Å²) in [5, 5.41) is 0. The van der Waals surface area contributed by atoms with E-state index in [9.17, 15) is 0 Å². The Morgan fingerprint density at radius 1 is 1.27 bits per heavy atom. The van der Waals surface area contributed by atoms with Crippen molar-refractivity contribution in [1.82, 2.24) is 0 Å². The van der Waals surface area contributed by atoms with E-state index >= 15 is 0 Å². The predicted molar refractivity (Wildman–Crippen MR) is 51.9 cm³/mol. The van der Waals surface area contributed by atoms with E-state index in [1.165, 1.54) is 0 Å². The maximum atomic E-state index is 4.27. The first-order valence-electron chi connectivity index (χ1n) is 3.58. The molecule has 0 fully saturated rings. The van der Waals surface area contributed by atoms with Crippen LogP contribution in [0.4, 0.5) is 0 Å². The third kappa shape index (κ3) is 4.31. The number of hydrogen-bond acceptors (Lipinski definition) is 1. The summed E-state index contributed by atoms with van der Waals surface area (Å²) in [5.74, 6) is 0. The molecule has 1 heteroatoms. The molecule has 0 saturated heterocycles. The molecule has 0 amide bonds. The minimum Gasteiger partial charge on any atom is -0.258 e. The largest absolute Gasteiger partial charge is 0.258 e. The van der Waals surface area contributed by atoms with Gasteiger partial charge in [0.1, 0.15) is 0 Å². The van der Waals surface area contributed by atoms with E-state index in [-0.39, 0.29) is 0 Å². The lowest BCUT2D eigenvalue weighted by molar-refractivity contribution is 1.28. The normalized spacial score (nSPS) is 10.6. The van der Waals surface area contributed by atoms with E-state index in [1.54, 1.807) is 6.08 Å². The van der Waals surface area contributed by atoms with Gasteiger partial charge in [0, 0.05) is 5.71 Å². The standard InChI is InChI=1S/C10H15N/c1-6-7-10(8(2)3)11-9(4)5/h6-7H,1-2H2,3-5H3/b10-7-. The first-order valence-corrected chi connectivity index (χ1v) is 3.58. The number of allylic oxidation sites excluding steroid dienone is 3. The summed E-state index contributed by atoms with van der Waals surface area (Å²) >= 11 is 0. The lowest BCUT2D eigenvalue weighted by atomic mass is 10.2. The fourth-order valence-corrected chi connectivity index (χ4v) is 0.627. The van der Waals surface area contributed by atoms with E-state index in [4.69, 9.17) is 0 Å². The highest BCUT2D eigenvalue weighted by Gasteiger charge is 1.91. The molecule has 1 nitrogen and oxygen atoms in total. The highest BCUT2D eigenvalue weighted by atomic mass is 14.7. The molecule has 0 N–H and O–H groups in total. The predicted octanol–water partition coefficient (Wildman–Crippen LogP) is 3.11. The van der Waals surface area contributed by atoms with Gasteiger partial charge in [-0.15, -0.1) is 0 Å². The van der Waals surface area contributed by atoms with Gasteiger partial charge in [-0.2, -0.15) is 0 Å². The van der Waals surface area contributed by atoms with Gasteiger partial charge >= 0.3 is 0 Å². The summed E-state index contributed by atoms with van der Waals surface area (Å²) < 4.78 is 0. The van der Waals surface area contributed by atoms with Gasteiger partial charge in [0.15, 0.2) is 0 Å². The molecule has 0 rings (SSSR count). The van der Waals surface area contributed by atoms with Crippen LogP contribution in [0.1, 0.15) is 20.8 Å². The molecule has 0 aromatic rings. The Kier molecular flexibility index (Phi) is 4.20. The van der Waals surface area contributed by atoms with Crippen LogP contribution in [0, 0.1) is 0 Å². The summed E-state index contributed by atoms with van der Waals surface area (Å²) in [6.45, 7) is 13.3. The van der Waals surface area contributed by atoms with Crippen LogP contribution in [0.25, 0.3) is 0 Å². The van der Waals surface area contributed by atoms with Crippen LogP contribution in [0.15, 0.2) is 41.6 Å². The smallest absolute Gasteiger partial charge is 0.0651 e. The van der Waals surface area contributed by atoms with Gasteiger partial charge in [-0.05, 0) is 32.4 Å². The molecule has 0 aromatic heterocycles. The number of hydrogen-bond donors (Lipinski definition) is 0. The van der Waals surface area contributed by atoms with E-state index in [0.717, 1.165) is 17.0 Å². The van der Waals surface area contributed by atoms with Crippen molar-refractivity contribution >= 4 is 5.71 Å². The van der Waals surface area contributed by atoms with Crippen LogP contribution in [0.2, 0.25) is 0 Å². The fraction of sp³-hybridized carbons (Fsp3) is 0.300. The molecule has 0 aliphatic carbocycles. The van der Waals surface area contributed by atoms with Crippen molar-refractivity contribution in [3.8, 4) is 0 Å². The number of aliphatic imine (C=N–C) groups is 1. The zero-order valence-corrected chi connectivity index (χ0v) is 7.52. The quantitative estimate of drug-likeness (QED) is 0.432. The third-order valence-corrected chi connectivity index (χ3v) is 1.06. The molecule has 0 bridgehead atoms. The fourth-order valence-electron chi connectivity index (χ4n) is 0.627. The number of nitrogens with zero attached hydrogens (tertiary/aromatic N) is 1. The van der Waals surface area contributed by atoms with Crippen LogP contribution in [-0.4, -0.2) is 5.71 Å². The molecule has 0 aromatic carbocycles. The average molecular weight is 149 g/mol. The number of rotatable bonds is 3. The van der Waals surface area contributed by atoms with Crippen molar-refractivity contribution in [2.24, 2.45) is 4.99 Å². The molecular weight excluding hydrogens is 134 g/mol. The molecule has 0 unspecified atom stereocenters. The molecule has 0 heterocycles. The van der Waals surface area contributed by atoms with Crippen LogP contribution in [-0.2, 0) is 0 Å². The first kappa shape index (κ1) is 9.89. The lowest BCUT2D eigenvalue weighted by Gasteiger charge is -1.98. The maximum absolute atomic E-state index is 4.27. The van der Waals surface area contributed by atoms with Gasteiger partial charge in [0.05, 0.1) is 5.70 Å². The summed E-state index contributed by atoms with van der Waals surface area (Å²) in [6.07, 6.45) is 3.58. The van der Waals surface area contributed by atoms with Gasteiger partial charge in [0.2, 0.25) is 0 Å². The van der Waals surface area contributed by atoms with Crippen molar-refractivity contribution < 1.29 is 0 Å². The van der Waals surface area contributed by atoms with Gasteiger partial charge in [-0.25, -0.2) is 0 Å². The summed E-state index contributed by atoms with van der Waals surface area (Å²) in [5.41, 5.74) is 2.90. The highest BCUT2D eigenvalue weighted by molar-refractivity contribution is 5.80. The lowest BCUT2D eigenvalue weighted by Crippen LogP contribution is -1.85. The second-order valence-electron chi connectivity index (χ2n) is 2.63. The minimum atomic E-state index is 0.903. The van der Waals surface area contributed by atoms with Crippen molar-refractivity contribution in [3.63, 3.8) is 0 Å². The Labute approximate surface area is 68.9 Å². The maximum Gasteiger partial charge on any atom is 0.0651 e. The molecule has 0 saturated carbocycles. The first-order chi connectivity index (χ1) is 5.07. The Morgan fingerprint density at radius 2 is 1.82 bits per heavy atom. The summed E-state index contributed by atoms with van der Waals surface area (Å²) in [6, 6.07) is 0. The van der Waals surface area contributed by atoms with Crippen molar-refractivity contribution in [2.45, 2.75) is 20.8 Å². The Hall–Kier alpha value is -1.11. The summed E-state index contributed by atoms with van der Waals surface area (Å²) in [7, 11) is 0. The zero-order valence-electron chi connectivity index (χ0n) is 7.52. The Bertz CT molecular complexity index is 215. The van der Waals surface area contributed by atoms with E-state index in [0.29, 0.717) is 0 Å². The molecule has 60 valence electrons. The second kappa shape index (κ2) is 4.67. The topological polar surface area (TPSA) is 12.4 Å². The molecule has 0 atom stereocenters. The van der Waals surface area contributed by atoms with Crippen LogP contribution >= 0.6 is 0 Å². The van der Waals surface area contributed by atoms with E-state index in [1.807, 2.05) is 26.8 Å². The minimum absolute atomic E-state index is 0.903. The summed E-state index contributed by atoms with van der Waals surface area (Å²) in [4.78, 5) is 4.27. The third-order valence-electron chi connectivity index (χ3n) is 1.06. The SMILES string of the molecule is C=C/C=C(\N=C(C)C)C(=C)C. The Balaban J connectivity index is 4.63. The van der Waals surface area contributed by atoms with E-state index in [2.05, 4.69) is 18.2 Å². The van der Waals surface area contributed by atoms with Gasteiger partial charge in [-0.1, -0.05) is 19.2 Å². The monoisotopic (exact) mass is 149 g/mol. The average Bonchev–Trinajstić information content (AvgIpc) is 1.86. The molecule has 0 aliphatic rings. The van der Waals surface area contributed by atoms with Crippen molar-refractivity contribution in [2.75, 3.05) is 0 Å². The molecular formula is C10H15N. The van der Waals surface area contributed by atoms with Crippen LogP contribution in [0.3, 0.4) is 0 Å². The van der Waals surface area contributed by atoms with Gasteiger partial charge in [-0.3, -0.25) is 4.99 Å².